The molecule has 142 valence electrons. The molecule has 1 fully saturated rings. The van der Waals surface area contributed by atoms with Gasteiger partial charge in [-0.3, -0.25) is 9.48 Å². The summed E-state index contributed by atoms with van der Waals surface area (Å²) >= 11 is 0. The van der Waals surface area contributed by atoms with E-state index in [2.05, 4.69) is 15.2 Å². The highest BCUT2D eigenvalue weighted by Crippen LogP contribution is 2.37. The minimum atomic E-state index is -0.192. The third kappa shape index (κ3) is 3.80. The standard InChI is InChI=1S/C18H27N5O3/c1-13-11-14(2)23(20-13)12-16(24)22-8-5-18(6-9-22,7-10-25-4)17-19-15(3)26-21-17/h11H,5-10,12H2,1-4H3. The van der Waals surface area contributed by atoms with Crippen molar-refractivity contribution in [3.05, 3.63) is 29.2 Å². The molecule has 0 N–H and O–H groups in total. The first-order valence-electron chi connectivity index (χ1n) is 9.02. The van der Waals surface area contributed by atoms with Crippen LogP contribution >= 0.6 is 0 Å². The summed E-state index contributed by atoms with van der Waals surface area (Å²) in [5.41, 5.74) is 1.74. The molecule has 1 aliphatic heterocycles. The lowest BCUT2D eigenvalue weighted by Gasteiger charge is -2.39. The van der Waals surface area contributed by atoms with Crippen LogP contribution in [0, 0.1) is 20.8 Å². The number of hydrogen-bond donors (Lipinski definition) is 0. The Bertz CT molecular complexity index is 759. The number of methoxy groups -OCH3 is 1. The molecule has 3 rings (SSSR count). The Kier molecular flexibility index (Phi) is 5.41. The zero-order valence-electron chi connectivity index (χ0n) is 16.0. The third-order valence-corrected chi connectivity index (χ3v) is 5.25. The van der Waals surface area contributed by atoms with Crippen molar-refractivity contribution in [1.29, 1.82) is 0 Å². The Hall–Kier alpha value is -2.22. The van der Waals surface area contributed by atoms with E-state index in [9.17, 15) is 4.79 Å². The van der Waals surface area contributed by atoms with Crippen LogP contribution in [0.1, 0.15) is 42.4 Å². The fourth-order valence-electron chi connectivity index (χ4n) is 3.64. The van der Waals surface area contributed by atoms with Crippen LogP contribution in [0.3, 0.4) is 0 Å². The second kappa shape index (κ2) is 7.57. The van der Waals surface area contributed by atoms with Gasteiger partial charge in [0, 0.05) is 44.8 Å². The molecule has 0 aromatic carbocycles. The fraction of sp³-hybridized carbons (Fsp3) is 0.667. The predicted molar refractivity (Wildman–Crippen MR) is 94.7 cm³/mol. The maximum atomic E-state index is 12.7. The fourth-order valence-corrected chi connectivity index (χ4v) is 3.64. The molecule has 1 saturated heterocycles. The Labute approximate surface area is 153 Å². The summed E-state index contributed by atoms with van der Waals surface area (Å²) in [5.74, 6) is 1.40. The van der Waals surface area contributed by atoms with Crippen LogP contribution in [0.4, 0.5) is 0 Å². The molecule has 1 amide bonds. The minimum Gasteiger partial charge on any atom is -0.385 e. The van der Waals surface area contributed by atoms with Crippen LogP contribution in [0.15, 0.2) is 10.6 Å². The van der Waals surface area contributed by atoms with E-state index in [-0.39, 0.29) is 17.9 Å². The normalized spacial score (nSPS) is 16.8. The van der Waals surface area contributed by atoms with Crippen molar-refractivity contribution in [2.75, 3.05) is 26.8 Å². The molecule has 26 heavy (non-hydrogen) atoms. The summed E-state index contributed by atoms with van der Waals surface area (Å²) in [6.07, 6.45) is 2.43. The van der Waals surface area contributed by atoms with E-state index in [1.54, 1.807) is 18.7 Å². The van der Waals surface area contributed by atoms with Crippen LogP contribution in [0.5, 0.6) is 0 Å². The molecule has 8 nitrogen and oxygen atoms in total. The Morgan fingerprint density at radius 3 is 2.58 bits per heavy atom. The molecule has 0 spiro atoms. The maximum absolute atomic E-state index is 12.7. The van der Waals surface area contributed by atoms with Crippen molar-refractivity contribution < 1.29 is 14.1 Å². The summed E-state index contributed by atoms with van der Waals surface area (Å²) in [6, 6.07) is 1.98. The molecular weight excluding hydrogens is 334 g/mol. The molecule has 0 aliphatic carbocycles. The molecule has 2 aromatic heterocycles. The van der Waals surface area contributed by atoms with Gasteiger partial charge in [-0.15, -0.1) is 0 Å². The molecule has 2 aromatic rings. The lowest BCUT2D eigenvalue weighted by atomic mass is 9.75. The number of piperidine rings is 1. The van der Waals surface area contributed by atoms with E-state index in [0.29, 0.717) is 25.6 Å². The monoisotopic (exact) mass is 361 g/mol. The number of amides is 1. The van der Waals surface area contributed by atoms with Crippen molar-refractivity contribution in [3.8, 4) is 0 Å². The Morgan fingerprint density at radius 1 is 1.31 bits per heavy atom. The molecule has 0 saturated carbocycles. The van der Waals surface area contributed by atoms with Crippen LogP contribution in [-0.4, -0.2) is 57.5 Å². The minimum absolute atomic E-state index is 0.0980. The zero-order valence-corrected chi connectivity index (χ0v) is 16.0. The molecule has 0 radical (unpaired) electrons. The molecule has 1 aliphatic rings. The Morgan fingerprint density at radius 2 is 2.04 bits per heavy atom. The third-order valence-electron chi connectivity index (χ3n) is 5.25. The summed E-state index contributed by atoms with van der Waals surface area (Å²) in [5, 5.41) is 8.54. The number of aromatic nitrogens is 4. The first kappa shape index (κ1) is 18.6. The second-order valence-corrected chi connectivity index (χ2v) is 7.13. The molecule has 3 heterocycles. The number of ether oxygens (including phenoxy) is 1. The van der Waals surface area contributed by atoms with E-state index in [0.717, 1.165) is 36.5 Å². The zero-order chi connectivity index (χ0) is 18.7. The lowest BCUT2D eigenvalue weighted by Crippen LogP contribution is -2.47. The van der Waals surface area contributed by atoms with E-state index in [4.69, 9.17) is 9.26 Å². The molecule has 0 atom stereocenters. The highest BCUT2D eigenvalue weighted by Gasteiger charge is 2.40. The van der Waals surface area contributed by atoms with Crippen LogP contribution < -0.4 is 0 Å². The topological polar surface area (TPSA) is 86.3 Å². The smallest absolute Gasteiger partial charge is 0.244 e. The van der Waals surface area contributed by atoms with Crippen molar-refractivity contribution in [2.24, 2.45) is 0 Å². The highest BCUT2D eigenvalue weighted by atomic mass is 16.5. The van der Waals surface area contributed by atoms with E-state index in [1.165, 1.54) is 0 Å². The first-order chi connectivity index (χ1) is 12.4. The summed E-state index contributed by atoms with van der Waals surface area (Å²) in [6.45, 7) is 7.97. The van der Waals surface area contributed by atoms with Crippen molar-refractivity contribution >= 4 is 5.91 Å². The molecular formula is C18H27N5O3. The van der Waals surface area contributed by atoms with Gasteiger partial charge in [-0.25, -0.2) is 0 Å². The number of rotatable bonds is 6. The SMILES string of the molecule is COCCC1(c2noc(C)n2)CCN(C(=O)Cn2nc(C)cc2C)CC1. The van der Waals surface area contributed by atoms with Gasteiger partial charge in [-0.2, -0.15) is 10.1 Å². The first-order valence-corrected chi connectivity index (χ1v) is 9.02. The van der Waals surface area contributed by atoms with Crippen LogP contribution in [-0.2, 0) is 21.5 Å². The lowest BCUT2D eigenvalue weighted by molar-refractivity contribution is -0.133. The van der Waals surface area contributed by atoms with Crippen LogP contribution in [0.25, 0.3) is 0 Å². The van der Waals surface area contributed by atoms with Gasteiger partial charge in [-0.1, -0.05) is 5.16 Å². The number of carbonyl (C=O) groups is 1. The largest absolute Gasteiger partial charge is 0.385 e. The van der Waals surface area contributed by atoms with Gasteiger partial charge < -0.3 is 14.2 Å². The highest BCUT2D eigenvalue weighted by molar-refractivity contribution is 5.76. The second-order valence-electron chi connectivity index (χ2n) is 7.13. The van der Waals surface area contributed by atoms with E-state index < -0.39 is 0 Å². The molecule has 0 unspecified atom stereocenters. The molecule has 0 bridgehead atoms. The molecule has 8 heteroatoms. The van der Waals surface area contributed by atoms with Crippen molar-refractivity contribution in [2.45, 2.75) is 52.0 Å². The number of hydrogen-bond acceptors (Lipinski definition) is 6. The Balaban J connectivity index is 1.67. The van der Waals surface area contributed by atoms with Crippen molar-refractivity contribution in [1.82, 2.24) is 24.8 Å². The van der Waals surface area contributed by atoms with Crippen LogP contribution in [0.2, 0.25) is 0 Å². The number of aryl methyl sites for hydroxylation is 3. The summed E-state index contributed by atoms with van der Waals surface area (Å²) in [7, 11) is 1.70. The average Bonchev–Trinajstić information content (AvgIpc) is 3.19. The van der Waals surface area contributed by atoms with Gasteiger partial charge in [0.25, 0.3) is 0 Å². The number of nitrogens with zero attached hydrogens (tertiary/aromatic N) is 5. The summed E-state index contributed by atoms with van der Waals surface area (Å²) in [4.78, 5) is 19.1. The van der Waals surface area contributed by atoms with Crippen molar-refractivity contribution in [3.63, 3.8) is 0 Å². The van der Waals surface area contributed by atoms with Gasteiger partial charge in [-0.05, 0) is 39.2 Å². The predicted octanol–water partition coefficient (Wildman–Crippen LogP) is 1.79. The quantitative estimate of drug-likeness (QED) is 0.780. The summed E-state index contributed by atoms with van der Waals surface area (Å²) < 4.78 is 12.3. The maximum Gasteiger partial charge on any atom is 0.244 e. The average molecular weight is 361 g/mol. The number of likely N-dealkylation sites (tertiary alicyclic amines) is 1. The van der Waals surface area contributed by atoms with Gasteiger partial charge in [0.15, 0.2) is 5.82 Å². The van der Waals surface area contributed by atoms with Gasteiger partial charge in [0.2, 0.25) is 11.8 Å². The van der Waals surface area contributed by atoms with Gasteiger partial charge in [0.05, 0.1) is 5.69 Å². The number of carbonyl (C=O) groups excluding carboxylic acids is 1. The van der Waals surface area contributed by atoms with Gasteiger partial charge >= 0.3 is 0 Å². The van der Waals surface area contributed by atoms with Gasteiger partial charge in [0.1, 0.15) is 6.54 Å². The van der Waals surface area contributed by atoms with E-state index in [1.807, 2.05) is 24.8 Å². The van der Waals surface area contributed by atoms with E-state index >= 15 is 0 Å².